The highest BCUT2D eigenvalue weighted by Gasteiger charge is 2.27. The Kier molecular flexibility index (Phi) is 6.60. The van der Waals surface area contributed by atoms with Crippen molar-refractivity contribution < 1.29 is 18.8 Å². The minimum absolute atomic E-state index is 0.0117. The average Bonchev–Trinajstić information content (AvgIpc) is 3.39. The number of likely N-dealkylation sites (tertiary alicyclic amines) is 1. The largest absolute Gasteiger partial charge is 0.459 e. The van der Waals surface area contributed by atoms with E-state index >= 15 is 0 Å². The number of nitrogens with one attached hydrogen (secondary N) is 2. The molecule has 2 N–H and O–H groups in total. The Morgan fingerprint density at radius 2 is 1.81 bits per heavy atom. The van der Waals surface area contributed by atoms with E-state index in [2.05, 4.69) is 15.6 Å². The van der Waals surface area contributed by atoms with Crippen molar-refractivity contribution >= 4 is 23.4 Å². The first-order valence-electron chi connectivity index (χ1n) is 10.5. The van der Waals surface area contributed by atoms with Crippen molar-refractivity contribution in [1.82, 2.24) is 15.2 Å². The van der Waals surface area contributed by atoms with Gasteiger partial charge in [-0.3, -0.25) is 19.4 Å². The molecule has 8 nitrogen and oxygen atoms in total. The molecule has 8 heteroatoms. The summed E-state index contributed by atoms with van der Waals surface area (Å²) in [7, 11) is 0. The molecule has 0 aliphatic carbocycles. The van der Waals surface area contributed by atoms with E-state index in [1.54, 1.807) is 53.7 Å². The van der Waals surface area contributed by atoms with E-state index in [4.69, 9.17) is 4.42 Å². The molecule has 1 aliphatic heterocycles. The summed E-state index contributed by atoms with van der Waals surface area (Å²) >= 11 is 0. The molecule has 1 saturated heterocycles. The molecular weight excluding hydrogens is 408 g/mol. The first-order valence-corrected chi connectivity index (χ1v) is 10.5. The van der Waals surface area contributed by atoms with Gasteiger partial charge in [-0.2, -0.15) is 0 Å². The monoisotopic (exact) mass is 432 g/mol. The Morgan fingerprint density at radius 3 is 2.47 bits per heavy atom. The van der Waals surface area contributed by atoms with Crippen molar-refractivity contribution in [2.75, 3.05) is 18.4 Å². The van der Waals surface area contributed by atoms with E-state index in [-0.39, 0.29) is 29.4 Å². The summed E-state index contributed by atoms with van der Waals surface area (Å²) in [5, 5.41) is 5.68. The lowest BCUT2D eigenvalue weighted by Crippen LogP contribution is -2.42. The molecule has 164 valence electrons. The number of hydrogen-bond acceptors (Lipinski definition) is 5. The van der Waals surface area contributed by atoms with E-state index in [1.165, 1.54) is 6.26 Å². The normalized spacial score (nSPS) is 14.1. The van der Waals surface area contributed by atoms with Gasteiger partial charge < -0.3 is 20.0 Å². The Balaban J connectivity index is 1.25. The molecule has 3 heterocycles. The number of anilines is 1. The summed E-state index contributed by atoms with van der Waals surface area (Å²) in [6.07, 6.45) is 6.12. The predicted octanol–water partition coefficient (Wildman–Crippen LogP) is 3.10. The molecule has 1 fully saturated rings. The number of aromatic nitrogens is 1. The lowest BCUT2D eigenvalue weighted by atomic mass is 9.95. The van der Waals surface area contributed by atoms with Crippen molar-refractivity contribution in [2.45, 2.75) is 19.4 Å². The second kappa shape index (κ2) is 9.91. The molecule has 32 heavy (non-hydrogen) atoms. The van der Waals surface area contributed by atoms with Crippen LogP contribution in [0.2, 0.25) is 0 Å². The van der Waals surface area contributed by atoms with Gasteiger partial charge in [0.2, 0.25) is 5.91 Å². The van der Waals surface area contributed by atoms with E-state index in [9.17, 15) is 14.4 Å². The molecule has 0 atom stereocenters. The summed E-state index contributed by atoms with van der Waals surface area (Å²) in [5.74, 6) is -0.300. The molecular formula is C24H24N4O4. The Hall–Kier alpha value is -3.94. The number of piperidine rings is 1. The Bertz CT molecular complexity index is 1060. The first kappa shape index (κ1) is 21.3. The minimum atomic E-state index is -0.349. The standard InChI is InChI=1S/C24H24N4O4/c29-22(26-16-17-3-1-11-25-15-17)18-9-12-28(13-10-18)24(31)19-5-7-20(8-6-19)27-23(30)21-4-2-14-32-21/h1-8,11,14-15,18H,9-10,12-13,16H2,(H,26,29)(H,27,30). The lowest BCUT2D eigenvalue weighted by Gasteiger charge is -2.31. The van der Waals surface area contributed by atoms with Gasteiger partial charge in [0, 0.05) is 49.2 Å². The second-order valence-corrected chi connectivity index (χ2v) is 7.65. The third-order valence-corrected chi connectivity index (χ3v) is 5.48. The zero-order valence-corrected chi connectivity index (χ0v) is 17.5. The van der Waals surface area contributed by atoms with E-state index < -0.39 is 0 Å². The summed E-state index contributed by atoms with van der Waals surface area (Å²) in [6.45, 7) is 1.51. The second-order valence-electron chi connectivity index (χ2n) is 7.65. The third kappa shape index (κ3) is 5.21. The highest BCUT2D eigenvalue weighted by atomic mass is 16.3. The molecule has 0 bridgehead atoms. The highest BCUT2D eigenvalue weighted by molar-refractivity contribution is 6.02. The van der Waals surface area contributed by atoms with Crippen LogP contribution in [0.1, 0.15) is 39.3 Å². The van der Waals surface area contributed by atoms with Crippen LogP contribution in [0, 0.1) is 5.92 Å². The summed E-state index contributed by atoms with van der Waals surface area (Å²) in [5.41, 5.74) is 2.07. The number of pyridine rings is 1. The number of furan rings is 1. The summed E-state index contributed by atoms with van der Waals surface area (Å²) in [4.78, 5) is 43.1. The highest BCUT2D eigenvalue weighted by Crippen LogP contribution is 2.20. The topological polar surface area (TPSA) is 105 Å². The fourth-order valence-electron chi connectivity index (χ4n) is 3.66. The van der Waals surface area contributed by atoms with Gasteiger partial charge >= 0.3 is 0 Å². The molecule has 3 aromatic rings. The van der Waals surface area contributed by atoms with E-state index in [1.807, 2.05) is 12.1 Å². The Morgan fingerprint density at radius 1 is 1.03 bits per heavy atom. The van der Waals surface area contributed by atoms with Crippen molar-refractivity contribution in [3.63, 3.8) is 0 Å². The van der Waals surface area contributed by atoms with Gasteiger partial charge in [-0.1, -0.05) is 6.07 Å². The van der Waals surface area contributed by atoms with Crippen LogP contribution in [0.25, 0.3) is 0 Å². The number of carbonyl (C=O) groups is 3. The maximum absolute atomic E-state index is 12.8. The SMILES string of the molecule is O=C(Nc1ccc(C(=O)N2CCC(C(=O)NCc3cccnc3)CC2)cc1)c1ccco1. The zero-order chi connectivity index (χ0) is 22.3. The molecule has 1 aliphatic rings. The van der Waals surface area contributed by atoms with Crippen LogP contribution in [0.5, 0.6) is 0 Å². The molecule has 1 aromatic carbocycles. The van der Waals surface area contributed by atoms with Gasteiger partial charge in [0.1, 0.15) is 0 Å². The van der Waals surface area contributed by atoms with Crippen molar-refractivity contribution in [3.05, 3.63) is 84.1 Å². The molecule has 2 aromatic heterocycles. The fraction of sp³-hybridized carbons (Fsp3) is 0.250. The smallest absolute Gasteiger partial charge is 0.291 e. The predicted molar refractivity (Wildman–Crippen MR) is 118 cm³/mol. The first-order chi connectivity index (χ1) is 15.6. The van der Waals surface area contributed by atoms with Crippen LogP contribution in [0.15, 0.2) is 71.6 Å². The molecule has 0 spiro atoms. The van der Waals surface area contributed by atoms with Crippen LogP contribution in [0.3, 0.4) is 0 Å². The van der Waals surface area contributed by atoms with Crippen LogP contribution in [-0.4, -0.2) is 40.7 Å². The van der Waals surface area contributed by atoms with E-state index in [0.717, 1.165) is 5.56 Å². The number of nitrogens with zero attached hydrogens (tertiary/aromatic N) is 2. The molecule has 0 unspecified atom stereocenters. The van der Waals surface area contributed by atoms with Gasteiger partial charge in [-0.15, -0.1) is 0 Å². The van der Waals surface area contributed by atoms with Crippen LogP contribution < -0.4 is 10.6 Å². The maximum Gasteiger partial charge on any atom is 0.291 e. The minimum Gasteiger partial charge on any atom is -0.459 e. The van der Waals surface area contributed by atoms with E-state index in [0.29, 0.717) is 43.7 Å². The van der Waals surface area contributed by atoms with Crippen molar-refractivity contribution in [3.8, 4) is 0 Å². The summed E-state index contributed by atoms with van der Waals surface area (Å²) < 4.78 is 5.07. The number of benzene rings is 1. The molecule has 3 amide bonds. The zero-order valence-electron chi connectivity index (χ0n) is 17.5. The van der Waals surface area contributed by atoms with Crippen LogP contribution >= 0.6 is 0 Å². The van der Waals surface area contributed by atoms with Gasteiger partial charge in [-0.25, -0.2) is 0 Å². The fourth-order valence-corrected chi connectivity index (χ4v) is 3.66. The number of hydrogen-bond donors (Lipinski definition) is 2. The molecule has 4 rings (SSSR count). The average molecular weight is 432 g/mol. The number of rotatable bonds is 6. The summed E-state index contributed by atoms with van der Waals surface area (Å²) in [6, 6.07) is 13.7. The lowest BCUT2D eigenvalue weighted by molar-refractivity contribution is -0.126. The van der Waals surface area contributed by atoms with Gasteiger partial charge in [0.05, 0.1) is 6.26 Å². The van der Waals surface area contributed by atoms with Gasteiger partial charge in [-0.05, 0) is 60.9 Å². The maximum atomic E-state index is 12.8. The van der Waals surface area contributed by atoms with Gasteiger partial charge in [0.15, 0.2) is 5.76 Å². The number of carbonyl (C=O) groups excluding carboxylic acids is 3. The Labute approximate surface area is 185 Å². The van der Waals surface area contributed by atoms with Crippen molar-refractivity contribution in [2.24, 2.45) is 5.92 Å². The van der Waals surface area contributed by atoms with Crippen LogP contribution in [0.4, 0.5) is 5.69 Å². The quantitative estimate of drug-likeness (QED) is 0.623. The third-order valence-electron chi connectivity index (χ3n) is 5.48. The molecule has 0 radical (unpaired) electrons. The van der Waals surface area contributed by atoms with Crippen molar-refractivity contribution in [1.29, 1.82) is 0 Å². The number of amides is 3. The molecule has 0 saturated carbocycles. The van der Waals surface area contributed by atoms with Gasteiger partial charge in [0.25, 0.3) is 11.8 Å². The van der Waals surface area contributed by atoms with Crippen LogP contribution in [-0.2, 0) is 11.3 Å².